The topological polar surface area (TPSA) is 77.0 Å². The predicted molar refractivity (Wildman–Crippen MR) is 120 cm³/mol. The summed E-state index contributed by atoms with van der Waals surface area (Å²) in [5.41, 5.74) is 1.77. The third-order valence-electron chi connectivity index (χ3n) is 4.26. The molecular formula is C22H23ClN4O2S. The van der Waals surface area contributed by atoms with Crippen LogP contribution < -0.4 is 10.1 Å². The maximum absolute atomic E-state index is 12.4. The lowest BCUT2D eigenvalue weighted by atomic mass is 9.87. The van der Waals surface area contributed by atoms with Crippen molar-refractivity contribution in [1.29, 1.82) is 0 Å². The first kappa shape index (κ1) is 22.1. The molecule has 6 nitrogen and oxygen atoms in total. The maximum atomic E-state index is 12.4. The highest BCUT2D eigenvalue weighted by molar-refractivity contribution is 7.98. The number of thioether (sulfide) groups is 1. The molecule has 2 aromatic carbocycles. The normalized spacial score (nSPS) is 11.2. The summed E-state index contributed by atoms with van der Waals surface area (Å²) in [6.45, 7) is 6.65. The van der Waals surface area contributed by atoms with Crippen LogP contribution in [0, 0.1) is 0 Å². The molecule has 0 saturated carbocycles. The van der Waals surface area contributed by atoms with Gasteiger partial charge in [-0.05, 0) is 53.6 Å². The van der Waals surface area contributed by atoms with Crippen LogP contribution in [-0.2, 0) is 12.0 Å². The van der Waals surface area contributed by atoms with Crippen molar-refractivity contribution in [3.8, 4) is 5.75 Å². The lowest BCUT2D eigenvalue weighted by Crippen LogP contribution is -2.16. The second-order valence-electron chi connectivity index (χ2n) is 7.59. The standard InChI is InChI=1S/C22H23ClN4O2S/c1-22(2,3)15-7-11-17(12-8-15)29-13-18-24-20(27-21(25-18)30-4)26-19(28)14-5-9-16(23)10-6-14/h5-12H,13H2,1-4H3,(H,24,25,26,27,28). The van der Waals surface area contributed by atoms with Gasteiger partial charge in [0.2, 0.25) is 5.95 Å². The summed E-state index contributed by atoms with van der Waals surface area (Å²) in [5, 5.41) is 3.76. The number of carbonyl (C=O) groups is 1. The highest BCUT2D eigenvalue weighted by Crippen LogP contribution is 2.24. The van der Waals surface area contributed by atoms with Gasteiger partial charge < -0.3 is 4.74 Å². The molecule has 30 heavy (non-hydrogen) atoms. The number of ether oxygens (including phenoxy) is 1. The van der Waals surface area contributed by atoms with Gasteiger partial charge in [0.25, 0.3) is 5.91 Å². The van der Waals surface area contributed by atoms with E-state index in [2.05, 4.69) is 41.0 Å². The first-order chi connectivity index (χ1) is 14.2. The lowest BCUT2D eigenvalue weighted by molar-refractivity contribution is 0.102. The van der Waals surface area contributed by atoms with Gasteiger partial charge in [0.05, 0.1) is 0 Å². The van der Waals surface area contributed by atoms with Crippen molar-refractivity contribution >= 4 is 35.2 Å². The van der Waals surface area contributed by atoms with Crippen LogP contribution >= 0.6 is 23.4 Å². The summed E-state index contributed by atoms with van der Waals surface area (Å²) in [5.74, 6) is 1.01. The van der Waals surface area contributed by atoms with Gasteiger partial charge in [0.1, 0.15) is 12.4 Å². The van der Waals surface area contributed by atoms with E-state index in [1.54, 1.807) is 24.3 Å². The fourth-order valence-electron chi connectivity index (χ4n) is 2.58. The van der Waals surface area contributed by atoms with E-state index < -0.39 is 0 Å². The second-order valence-corrected chi connectivity index (χ2v) is 8.80. The molecule has 3 aromatic rings. The molecule has 0 aliphatic heterocycles. The third-order valence-corrected chi connectivity index (χ3v) is 5.06. The van der Waals surface area contributed by atoms with E-state index in [0.717, 1.165) is 5.75 Å². The van der Waals surface area contributed by atoms with Gasteiger partial charge in [0, 0.05) is 10.6 Å². The Hall–Kier alpha value is -2.64. The second kappa shape index (κ2) is 9.45. The molecule has 1 aromatic heterocycles. The number of carbonyl (C=O) groups excluding carboxylic acids is 1. The minimum absolute atomic E-state index is 0.0805. The molecule has 0 fully saturated rings. The van der Waals surface area contributed by atoms with E-state index in [0.29, 0.717) is 21.6 Å². The van der Waals surface area contributed by atoms with Gasteiger partial charge in [-0.3, -0.25) is 10.1 Å². The number of halogens is 1. The number of anilines is 1. The van der Waals surface area contributed by atoms with Gasteiger partial charge in [-0.25, -0.2) is 4.98 Å². The average molecular weight is 443 g/mol. The van der Waals surface area contributed by atoms with Gasteiger partial charge in [-0.2, -0.15) is 9.97 Å². The number of rotatable bonds is 6. The van der Waals surface area contributed by atoms with Crippen molar-refractivity contribution in [2.24, 2.45) is 0 Å². The predicted octanol–water partition coefficient (Wildman–Crippen LogP) is 5.38. The molecule has 8 heteroatoms. The SMILES string of the molecule is CSc1nc(COc2ccc(C(C)(C)C)cc2)nc(NC(=O)c2ccc(Cl)cc2)n1. The van der Waals surface area contributed by atoms with Crippen LogP contribution in [0.25, 0.3) is 0 Å². The molecule has 156 valence electrons. The summed E-state index contributed by atoms with van der Waals surface area (Å²) in [6.07, 6.45) is 1.86. The van der Waals surface area contributed by atoms with Gasteiger partial charge in [0.15, 0.2) is 11.0 Å². The first-order valence-electron chi connectivity index (χ1n) is 9.34. The Morgan fingerprint density at radius 1 is 1.03 bits per heavy atom. The van der Waals surface area contributed by atoms with Crippen LogP contribution in [0.3, 0.4) is 0 Å². The van der Waals surface area contributed by atoms with Crippen LogP contribution in [0.2, 0.25) is 5.02 Å². The van der Waals surface area contributed by atoms with Crippen molar-refractivity contribution in [1.82, 2.24) is 15.0 Å². The van der Waals surface area contributed by atoms with E-state index >= 15 is 0 Å². The number of benzene rings is 2. The van der Waals surface area contributed by atoms with Crippen LogP contribution in [0.1, 0.15) is 42.5 Å². The molecule has 0 radical (unpaired) electrons. The van der Waals surface area contributed by atoms with E-state index in [9.17, 15) is 4.79 Å². The molecule has 3 rings (SSSR count). The zero-order chi connectivity index (χ0) is 21.7. The monoisotopic (exact) mass is 442 g/mol. The van der Waals surface area contributed by atoms with Crippen LogP contribution in [-0.4, -0.2) is 27.1 Å². The van der Waals surface area contributed by atoms with Crippen molar-refractivity contribution < 1.29 is 9.53 Å². The van der Waals surface area contributed by atoms with Crippen molar-refractivity contribution in [3.05, 3.63) is 70.5 Å². The van der Waals surface area contributed by atoms with Gasteiger partial charge in [-0.1, -0.05) is 56.3 Å². The fraction of sp³-hybridized carbons (Fsp3) is 0.273. The third kappa shape index (κ3) is 5.93. The molecule has 0 saturated heterocycles. The van der Waals surface area contributed by atoms with E-state index in [4.69, 9.17) is 16.3 Å². The number of aromatic nitrogens is 3. The number of hydrogen-bond acceptors (Lipinski definition) is 6. The minimum atomic E-state index is -0.324. The molecule has 0 aliphatic rings. The molecule has 0 unspecified atom stereocenters. The zero-order valence-corrected chi connectivity index (χ0v) is 18.8. The van der Waals surface area contributed by atoms with Crippen molar-refractivity contribution in [3.63, 3.8) is 0 Å². The zero-order valence-electron chi connectivity index (χ0n) is 17.3. The lowest BCUT2D eigenvalue weighted by Gasteiger charge is -2.19. The largest absolute Gasteiger partial charge is 0.486 e. The summed E-state index contributed by atoms with van der Waals surface area (Å²) in [6, 6.07) is 14.5. The first-order valence-corrected chi connectivity index (χ1v) is 10.9. The fourth-order valence-corrected chi connectivity index (χ4v) is 3.08. The molecule has 0 atom stereocenters. The van der Waals surface area contributed by atoms with Crippen molar-refractivity contribution in [2.45, 2.75) is 37.9 Å². The highest BCUT2D eigenvalue weighted by Gasteiger charge is 2.14. The number of nitrogens with zero attached hydrogens (tertiary/aromatic N) is 3. The molecular weight excluding hydrogens is 420 g/mol. The van der Waals surface area contributed by atoms with Crippen LogP contribution in [0.4, 0.5) is 5.95 Å². The van der Waals surface area contributed by atoms with E-state index in [1.807, 2.05) is 30.5 Å². The highest BCUT2D eigenvalue weighted by atomic mass is 35.5. The van der Waals surface area contributed by atoms with Gasteiger partial charge >= 0.3 is 0 Å². The summed E-state index contributed by atoms with van der Waals surface area (Å²) in [7, 11) is 0. The molecule has 0 spiro atoms. The molecule has 0 bridgehead atoms. The smallest absolute Gasteiger partial charge is 0.258 e. The maximum Gasteiger partial charge on any atom is 0.258 e. The quantitative estimate of drug-likeness (QED) is 0.516. The summed E-state index contributed by atoms with van der Waals surface area (Å²) < 4.78 is 5.83. The molecule has 0 aliphatic carbocycles. The Labute approximate surface area is 185 Å². The van der Waals surface area contributed by atoms with E-state index in [-0.39, 0.29) is 23.9 Å². The summed E-state index contributed by atoms with van der Waals surface area (Å²) in [4.78, 5) is 25.4. The average Bonchev–Trinajstić information content (AvgIpc) is 2.72. The van der Waals surface area contributed by atoms with E-state index in [1.165, 1.54) is 17.3 Å². The Morgan fingerprint density at radius 2 is 1.70 bits per heavy atom. The Kier molecular flexibility index (Phi) is 6.95. The Bertz CT molecular complexity index is 1020. The van der Waals surface area contributed by atoms with Crippen LogP contribution in [0.15, 0.2) is 53.7 Å². The number of hydrogen-bond donors (Lipinski definition) is 1. The Morgan fingerprint density at radius 3 is 2.30 bits per heavy atom. The molecule has 1 heterocycles. The summed E-state index contributed by atoms with van der Waals surface area (Å²) >= 11 is 7.23. The van der Waals surface area contributed by atoms with Crippen LogP contribution in [0.5, 0.6) is 5.75 Å². The molecule has 1 amide bonds. The van der Waals surface area contributed by atoms with Crippen molar-refractivity contribution in [2.75, 3.05) is 11.6 Å². The number of amides is 1. The number of nitrogens with one attached hydrogen (secondary N) is 1. The van der Waals surface area contributed by atoms with Gasteiger partial charge in [-0.15, -0.1) is 0 Å². The molecule has 1 N–H and O–H groups in total. The Balaban J connectivity index is 1.71. The minimum Gasteiger partial charge on any atom is -0.486 e.